The van der Waals surface area contributed by atoms with Gasteiger partial charge < -0.3 is 5.32 Å². The minimum absolute atomic E-state index is 0.153. The molecule has 1 amide bonds. The lowest BCUT2D eigenvalue weighted by atomic mass is 10.0. The highest BCUT2D eigenvalue weighted by atomic mass is 32.2. The van der Waals surface area contributed by atoms with Crippen molar-refractivity contribution < 1.29 is 22.4 Å². The van der Waals surface area contributed by atoms with Gasteiger partial charge in [-0.2, -0.15) is 0 Å². The second-order valence-corrected chi connectivity index (χ2v) is 8.80. The van der Waals surface area contributed by atoms with Gasteiger partial charge in [-0.15, -0.1) is 0 Å². The number of nitrogens with one attached hydrogen (secondary N) is 1. The molecule has 0 fully saturated rings. The molecule has 0 unspecified atom stereocenters. The van der Waals surface area contributed by atoms with E-state index in [1.54, 1.807) is 54.6 Å². The minimum atomic E-state index is -3.85. The molecule has 3 rings (SSSR count). The molecule has 0 aromatic heterocycles. The number of benzene rings is 3. The Hall–Kier alpha value is -3.52. The SMILES string of the molecule is C[C@H](C(=O)Nc1ccccc1C(=O)c1ccccc1)N(c1ccc(F)cc1)S(C)(=O)=O. The van der Waals surface area contributed by atoms with E-state index in [0.29, 0.717) is 5.56 Å². The quantitative estimate of drug-likeness (QED) is 0.566. The summed E-state index contributed by atoms with van der Waals surface area (Å²) in [7, 11) is -3.85. The molecule has 6 nitrogen and oxygen atoms in total. The first-order valence-corrected chi connectivity index (χ1v) is 11.3. The Morgan fingerprint density at radius 2 is 1.48 bits per heavy atom. The molecule has 8 heteroatoms. The number of carbonyl (C=O) groups excluding carboxylic acids is 2. The fourth-order valence-electron chi connectivity index (χ4n) is 3.17. The number of carbonyl (C=O) groups is 2. The van der Waals surface area contributed by atoms with Gasteiger partial charge in [0.1, 0.15) is 11.9 Å². The highest BCUT2D eigenvalue weighted by Crippen LogP contribution is 2.24. The number of hydrogen-bond donors (Lipinski definition) is 1. The second kappa shape index (κ2) is 9.09. The van der Waals surface area contributed by atoms with Crippen LogP contribution in [-0.2, 0) is 14.8 Å². The first kappa shape index (κ1) is 22.2. The van der Waals surface area contributed by atoms with Crippen molar-refractivity contribution in [1.29, 1.82) is 0 Å². The van der Waals surface area contributed by atoms with Gasteiger partial charge in [0.15, 0.2) is 5.78 Å². The van der Waals surface area contributed by atoms with Gasteiger partial charge in [-0.25, -0.2) is 12.8 Å². The Kier molecular flexibility index (Phi) is 6.50. The van der Waals surface area contributed by atoms with E-state index < -0.39 is 27.8 Å². The lowest BCUT2D eigenvalue weighted by Crippen LogP contribution is -2.45. The third-order valence-electron chi connectivity index (χ3n) is 4.64. The first-order valence-electron chi connectivity index (χ1n) is 9.43. The zero-order valence-corrected chi connectivity index (χ0v) is 17.8. The van der Waals surface area contributed by atoms with Gasteiger partial charge in [-0.3, -0.25) is 13.9 Å². The average molecular weight is 440 g/mol. The molecule has 0 aliphatic rings. The molecule has 0 spiro atoms. The topological polar surface area (TPSA) is 83.6 Å². The number of nitrogens with zero attached hydrogens (tertiary/aromatic N) is 1. The molecular formula is C23H21FN2O4S. The predicted molar refractivity (Wildman–Crippen MR) is 118 cm³/mol. The molecule has 160 valence electrons. The zero-order chi connectivity index (χ0) is 22.6. The zero-order valence-electron chi connectivity index (χ0n) is 16.9. The summed E-state index contributed by atoms with van der Waals surface area (Å²) in [6, 6.07) is 18.8. The third-order valence-corrected chi connectivity index (χ3v) is 5.88. The van der Waals surface area contributed by atoms with Crippen molar-refractivity contribution in [3.8, 4) is 0 Å². The van der Waals surface area contributed by atoms with E-state index in [0.717, 1.165) is 22.7 Å². The van der Waals surface area contributed by atoms with Crippen molar-refractivity contribution in [2.45, 2.75) is 13.0 Å². The summed E-state index contributed by atoms with van der Waals surface area (Å²) in [6.45, 7) is 1.42. The molecule has 31 heavy (non-hydrogen) atoms. The van der Waals surface area contributed by atoms with Crippen LogP contribution in [0, 0.1) is 5.82 Å². The van der Waals surface area contributed by atoms with Gasteiger partial charge in [0.2, 0.25) is 15.9 Å². The minimum Gasteiger partial charge on any atom is -0.324 e. The summed E-state index contributed by atoms with van der Waals surface area (Å²) in [4.78, 5) is 25.8. The Labute approximate surface area is 180 Å². The van der Waals surface area contributed by atoms with Crippen LogP contribution in [0.5, 0.6) is 0 Å². The predicted octanol–water partition coefficient (Wildman–Crippen LogP) is 3.85. The number of anilines is 2. The molecule has 0 bridgehead atoms. The van der Waals surface area contributed by atoms with Crippen molar-refractivity contribution in [2.75, 3.05) is 15.9 Å². The number of amides is 1. The van der Waals surface area contributed by atoms with Crippen LogP contribution in [0.25, 0.3) is 0 Å². The van der Waals surface area contributed by atoms with E-state index in [2.05, 4.69) is 5.32 Å². The highest BCUT2D eigenvalue weighted by Gasteiger charge is 2.30. The van der Waals surface area contributed by atoms with Crippen LogP contribution in [0.1, 0.15) is 22.8 Å². The maximum atomic E-state index is 13.3. The number of rotatable bonds is 7. The van der Waals surface area contributed by atoms with Crippen LogP contribution in [0.15, 0.2) is 78.9 Å². The molecule has 0 aliphatic carbocycles. The average Bonchev–Trinajstić information content (AvgIpc) is 2.75. The van der Waals surface area contributed by atoms with Crippen molar-refractivity contribution in [1.82, 2.24) is 0 Å². The lowest BCUT2D eigenvalue weighted by Gasteiger charge is -2.28. The Morgan fingerprint density at radius 3 is 2.10 bits per heavy atom. The van der Waals surface area contributed by atoms with Crippen molar-refractivity contribution in [3.05, 3.63) is 95.8 Å². The molecule has 0 saturated heterocycles. The highest BCUT2D eigenvalue weighted by molar-refractivity contribution is 7.92. The van der Waals surface area contributed by atoms with Gasteiger partial charge in [0.05, 0.1) is 17.6 Å². The van der Waals surface area contributed by atoms with Crippen LogP contribution in [-0.4, -0.2) is 32.4 Å². The van der Waals surface area contributed by atoms with E-state index in [4.69, 9.17) is 0 Å². The smallest absolute Gasteiger partial charge is 0.248 e. The summed E-state index contributed by atoms with van der Waals surface area (Å²) in [6.07, 6.45) is 0.965. The monoisotopic (exact) mass is 440 g/mol. The molecular weight excluding hydrogens is 419 g/mol. The summed E-state index contributed by atoms with van der Waals surface area (Å²) in [5, 5.41) is 2.65. The summed E-state index contributed by atoms with van der Waals surface area (Å²) < 4.78 is 38.9. The molecule has 3 aromatic rings. The van der Waals surface area contributed by atoms with Crippen LogP contribution >= 0.6 is 0 Å². The number of hydrogen-bond acceptors (Lipinski definition) is 4. The Balaban J connectivity index is 1.90. The molecule has 1 atom stereocenters. The molecule has 0 saturated carbocycles. The van der Waals surface area contributed by atoms with Gasteiger partial charge in [-0.05, 0) is 43.3 Å². The molecule has 0 radical (unpaired) electrons. The number of sulfonamides is 1. The van der Waals surface area contributed by atoms with Crippen LogP contribution in [0.2, 0.25) is 0 Å². The van der Waals surface area contributed by atoms with E-state index >= 15 is 0 Å². The fraction of sp³-hybridized carbons (Fsp3) is 0.130. The largest absolute Gasteiger partial charge is 0.324 e. The number of halogens is 1. The maximum absolute atomic E-state index is 13.3. The van der Waals surface area contributed by atoms with Crippen molar-refractivity contribution in [3.63, 3.8) is 0 Å². The second-order valence-electron chi connectivity index (χ2n) is 6.94. The normalized spacial score (nSPS) is 12.1. The van der Waals surface area contributed by atoms with Gasteiger partial charge in [-0.1, -0.05) is 42.5 Å². The van der Waals surface area contributed by atoms with E-state index in [1.807, 2.05) is 0 Å². The summed E-state index contributed by atoms with van der Waals surface area (Å²) >= 11 is 0. The lowest BCUT2D eigenvalue weighted by molar-refractivity contribution is -0.116. The summed E-state index contributed by atoms with van der Waals surface area (Å²) in [5.41, 5.74) is 1.16. The third kappa shape index (κ3) is 5.16. The number of ketones is 1. The van der Waals surface area contributed by atoms with E-state index in [-0.39, 0.29) is 22.7 Å². The van der Waals surface area contributed by atoms with Crippen molar-refractivity contribution in [2.24, 2.45) is 0 Å². The molecule has 0 aliphatic heterocycles. The van der Waals surface area contributed by atoms with Gasteiger partial charge in [0, 0.05) is 11.1 Å². The standard InChI is InChI=1S/C23H21FN2O4S/c1-16(26(31(2,29)30)19-14-12-18(24)13-15-19)23(28)25-21-11-7-6-10-20(21)22(27)17-8-4-3-5-9-17/h3-16H,1-2H3,(H,25,28)/t16-/m1/s1. The molecule has 0 heterocycles. The maximum Gasteiger partial charge on any atom is 0.248 e. The Bertz CT molecular complexity index is 1200. The van der Waals surface area contributed by atoms with E-state index in [1.165, 1.54) is 19.1 Å². The van der Waals surface area contributed by atoms with Gasteiger partial charge >= 0.3 is 0 Å². The molecule has 1 N–H and O–H groups in total. The van der Waals surface area contributed by atoms with E-state index in [9.17, 15) is 22.4 Å². The molecule has 3 aromatic carbocycles. The van der Waals surface area contributed by atoms with Crippen LogP contribution < -0.4 is 9.62 Å². The van der Waals surface area contributed by atoms with Crippen molar-refractivity contribution >= 4 is 33.1 Å². The van der Waals surface area contributed by atoms with Gasteiger partial charge in [0.25, 0.3) is 0 Å². The summed E-state index contributed by atoms with van der Waals surface area (Å²) in [5.74, 6) is -1.44. The van der Waals surface area contributed by atoms with Crippen LogP contribution in [0.4, 0.5) is 15.8 Å². The first-order chi connectivity index (χ1) is 14.7. The van der Waals surface area contributed by atoms with Crippen LogP contribution in [0.3, 0.4) is 0 Å². The fourth-order valence-corrected chi connectivity index (χ4v) is 4.34. The number of para-hydroxylation sites is 1. The Morgan fingerprint density at radius 1 is 0.903 bits per heavy atom.